The molecule has 0 spiro atoms. The normalized spacial score (nSPS) is 12.4. The molecule has 0 saturated carbocycles. The molecule has 4 heteroatoms. The van der Waals surface area contributed by atoms with Crippen molar-refractivity contribution in [3.63, 3.8) is 0 Å². The summed E-state index contributed by atoms with van der Waals surface area (Å²) >= 11 is 5.92. The molecule has 0 aliphatic carbocycles. The van der Waals surface area contributed by atoms with Gasteiger partial charge in [0, 0.05) is 27.9 Å². The summed E-state index contributed by atoms with van der Waals surface area (Å²) in [6.45, 7) is 3.96. The topological polar surface area (TPSA) is 40.2 Å². The van der Waals surface area contributed by atoms with Gasteiger partial charge < -0.3 is 8.83 Å². The van der Waals surface area contributed by atoms with Crippen LogP contribution < -0.4 is 10.5 Å². The van der Waals surface area contributed by atoms with Crippen molar-refractivity contribution >= 4 is 39.2 Å². The number of halogens is 1. The molecule has 0 saturated heterocycles. The first-order valence-corrected chi connectivity index (χ1v) is 7.77. The van der Waals surface area contributed by atoms with Gasteiger partial charge >= 0.3 is 5.55 Å². The number of nitrogens with one attached hydrogen (secondary N) is 1. The molecule has 0 radical (unpaired) electrons. The van der Waals surface area contributed by atoms with E-state index in [0.29, 0.717) is 10.6 Å². The minimum Gasteiger partial charge on any atom is -0.452 e. The highest BCUT2D eigenvalue weighted by molar-refractivity contribution is 6.30. The minimum atomic E-state index is 0.667. The van der Waals surface area contributed by atoms with Crippen molar-refractivity contribution in [3.05, 3.63) is 70.4 Å². The van der Waals surface area contributed by atoms with E-state index in [-0.39, 0.29) is 0 Å². The van der Waals surface area contributed by atoms with Crippen LogP contribution >= 0.6 is 11.6 Å². The van der Waals surface area contributed by atoms with Crippen LogP contribution in [0.1, 0.15) is 11.3 Å². The van der Waals surface area contributed by atoms with Gasteiger partial charge in [-0.15, -0.1) is 0 Å². The summed E-state index contributed by atoms with van der Waals surface area (Å²) in [5, 5.41) is 2.83. The van der Waals surface area contributed by atoms with Crippen LogP contribution in [-0.4, -0.2) is 0 Å². The van der Waals surface area contributed by atoms with Crippen molar-refractivity contribution in [2.24, 2.45) is 0 Å². The maximum Gasteiger partial charge on any atom is 0.372 e. The second-order valence-electron chi connectivity index (χ2n) is 5.64. The summed E-state index contributed by atoms with van der Waals surface area (Å²) in [5.74, 6) is 0.743. The van der Waals surface area contributed by atoms with Gasteiger partial charge in [-0.1, -0.05) is 23.7 Å². The summed E-state index contributed by atoms with van der Waals surface area (Å²) in [6.07, 6.45) is 0. The molecule has 0 aliphatic rings. The molecule has 2 aromatic heterocycles. The van der Waals surface area contributed by atoms with Gasteiger partial charge in [0.2, 0.25) is 5.69 Å². The average Bonchev–Trinajstić information content (AvgIpc) is 2.88. The SMILES string of the molecule is Cc1ccc2c(c1)oc1c(C)oc(=[NH+]c3ccc(Cl)cc3)cc12. The van der Waals surface area contributed by atoms with E-state index in [9.17, 15) is 0 Å². The maximum absolute atomic E-state index is 5.95. The Morgan fingerprint density at radius 2 is 1.65 bits per heavy atom. The molecule has 0 aliphatic heterocycles. The van der Waals surface area contributed by atoms with Gasteiger partial charge in [0.05, 0.1) is 6.07 Å². The van der Waals surface area contributed by atoms with Crippen molar-refractivity contribution in [2.75, 3.05) is 0 Å². The maximum atomic E-state index is 5.95. The van der Waals surface area contributed by atoms with Gasteiger partial charge in [-0.2, -0.15) is 4.99 Å². The van der Waals surface area contributed by atoms with Gasteiger partial charge in [-0.05, 0) is 37.6 Å². The van der Waals surface area contributed by atoms with E-state index in [0.717, 1.165) is 33.4 Å². The monoisotopic (exact) mass is 324 g/mol. The lowest BCUT2D eigenvalue weighted by atomic mass is 10.1. The summed E-state index contributed by atoms with van der Waals surface area (Å²) in [4.78, 5) is 3.26. The number of hydrogen-bond donors (Lipinski definition) is 1. The molecule has 0 amide bonds. The Labute approximate surface area is 137 Å². The third-order valence-electron chi connectivity index (χ3n) is 3.85. The Morgan fingerprint density at radius 3 is 2.43 bits per heavy atom. The Balaban J connectivity index is 1.98. The highest BCUT2D eigenvalue weighted by Crippen LogP contribution is 2.29. The molecule has 4 rings (SSSR count). The standard InChI is InChI=1S/C19H14ClNO2/c1-11-3-8-15-16-10-18(21-14-6-4-13(20)5-7-14)22-12(2)19(16)23-17(15)9-11/h3-10H,1-2H3/p+1. The highest BCUT2D eigenvalue weighted by atomic mass is 35.5. The van der Waals surface area contributed by atoms with Crippen LogP contribution in [0.4, 0.5) is 5.69 Å². The van der Waals surface area contributed by atoms with E-state index in [4.69, 9.17) is 20.4 Å². The zero-order chi connectivity index (χ0) is 16.0. The van der Waals surface area contributed by atoms with Crippen molar-refractivity contribution in [1.29, 1.82) is 0 Å². The minimum absolute atomic E-state index is 0.667. The Morgan fingerprint density at radius 1 is 0.870 bits per heavy atom. The largest absolute Gasteiger partial charge is 0.452 e. The molecule has 1 N–H and O–H groups in total. The molecule has 2 aromatic carbocycles. The zero-order valence-corrected chi connectivity index (χ0v) is 13.6. The van der Waals surface area contributed by atoms with Crippen molar-refractivity contribution in [3.8, 4) is 0 Å². The fraction of sp³-hybridized carbons (Fsp3) is 0.105. The van der Waals surface area contributed by atoms with Crippen molar-refractivity contribution < 1.29 is 13.8 Å². The van der Waals surface area contributed by atoms with Crippen molar-refractivity contribution in [1.82, 2.24) is 0 Å². The lowest BCUT2D eigenvalue weighted by molar-refractivity contribution is -0.418. The first-order chi connectivity index (χ1) is 11.1. The summed E-state index contributed by atoms with van der Waals surface area (Å²) < 4.78 is 11.8. The van der Waals surface area contributed by atoms with Crippen LogP contribution in [0.3, 0.4) is 0 Å². The number of hydrogen-bond acceptors (Lipinski definition) is 2. The Hall–Kier alpha value is -2.52. The van der Waals surface area contributed by atoms with Crippen molar-refractivity contribution in [2.45, 2.75) is 13.8 Å². The highest BCUT2D eigenvalue weighted by Gasteiger charge is 2.13. The molecule has 0 atom stereocenters. The molecular formula is C19H15ClNO2+. The van der Waals surface area contributed by atoms with Gasteiger partial charge in [-0.25, -0.2) is 0 Å². The van der Waals surface area contributed by atoms with Gasteiger partial charge in [-0.3, -0.25) is 0 Å². The molecule has 3 nitrogen and oxygen atoms in total. The summed E-state index contributed by atoms with van der Waals surface area (Å²) in [5.41, 5.74) is 4.42. The van der Waals surface area contributed by atoms with Crippen LogP contribution in [-0.2, 0) is 0 Å². The fourth-order valence-electron chi connectivity index (χ4n) is 2.74. The average molecular weight is 325 g/mol. The van der Waals surface area contributed by atoms with Gasteiger partial charge in [0.25, 0.3) is 0 Å². The molecule has 2 heterocycles. The predicted octanol–water partition coefficient (Wildman–Crippen LogP) is 3.76. The molecule has 114 valence electrons. The van der Waals surface area contributed by atoms with Crippen LogP contribution in [0.5, 0.6) is 0 Å². The second kappa shape index (κ2) is 5.28. The van der Waals surface area contributed by atoms with Crippen LogP contribution in [0.25, 0.3) is 21.9 Å². The molecular weight excluding hydrogens is 310 g/mol. The van der Waals surface area contributed by atoms with E-state index in [1.54, 1.807) is 0 Å². The third kappa shape index (κ3) is 2.53. The molecule has 0 fully saturated rings. The molecule has 0 bridgehead atoms. The quantitative estimate of drug-likeness (QED) is 0.579. The van der Waals surface area contributed by atoms with Gasteiger partial charge in [0.15, 0.2) is 11.3 Å². The zero-order valence-electron chi connectivity index (χ0n) is 12.8. The first kappa shape index (κ1) is 14.1. The first-order valence-electron chi connectivity index (χ1n) is 7.39. The fourth-order valence-corrected chi connectivity index (χ4v) is 2.86. The second-order valence-corrected chi connectivity index (χ2v) is 6.08. The smallest absolute Gasteiger partial charge is 0.372 e. The third-order valence-corrected chi connectivity index (χ3v) is 4.11. The number of fused-ring (bicyclic) bond motifs is 3. The van der Waals surface area contributed by atoms with E-state index < -0.39 is 0 Å². The molecule has 23 heavy (non-hydrogen) atoms. The summed E-state index contributed by atoms with van der Waals surface area (Å²) in [7, 11) is 0. The van der Waals surface area contributed by atoms with Crippen LogP contribution in [0.2, 0.25) is 5.02 Å². The Bertz CT molecular complexity index is 1090. The predicted molar refractivity (Wildman–Crippen MR) is 90.7 cm³/mol. The van der Waals surface area contributed by atoms with Gasteiger partial charge in [0.1, 0.15) is 5.58 Å². The van der Waals surface area contributed by atoms with E-state index in [1.807, 2.05) is 43.3 Å². The van der Waals surface area contributed by atoms with E-state index in [1.165, 1.54) is 5.56 Å². The van der Waals surface area contributed by atoms with Crippen LogP contribution in [0, 0.1) is 13.8 Å². The molecule has 4 aromatic rings. The van der Waals surface area contributed by atoms with E-state index in [2.05, 4.69) is 24.0 Å². The summed E-state index contributed by atoms with van der Waals surface area (Å²) in [6, 6.07) is 15.7. The van der Waals surface area contributed by atoms with Crippen LogP contribution in [0.15, 0.2) is 57.4 Å². The van der Waals surface area contributed by atoms with E-state index >= 15 is 0 Å². The molecule has 0 unspecified atom stereocenters. The lowest BCUT2D eigenvalue weighted by Gasteiger charge is -1.93. The number of aryl methyl sites for hydroxylation is 2. The lowest BCUT2D eigenvalue weighted by Crippen LogP contribution is -2.70. The number of rotatable bonds is 1. The number of furan rings is 1. The Kier molecular flexibility index (Phi) is 3.24. The number of benzene rings is 2.